The fraction of sp³-hybridized carbons (Fsp3) is 0.0500. The number of sulfonamides is 1. The summed E-state index contributed by atoms with van der Waals surface area (Å²) in [4.78, 5) is 12.5. The third-order valence-corrected chi connectivity index (χ3v) is 5.77. The Morgan fingerprint density at radius 2 is 1.61 bits per heavy atom. The summed E-state index contributed by atoms with van der Waals surface area (Å²) >= 11 is 3.34. The Labute approximate surface area is 171 Å². The molecule has 6 nitrogen and oxygen atoms in total. The first-order chi connectivity index (χ1) is 13.4. The minimum atomic E-state index is -3.79. The first-order valence-electron chi connectivity index (χ1n) is 8.21. The second kappa shape index (κ2) is 8.45. The molecule has 0 aromatic heterocycles. The number of carbonyl (C=O) groups excluding carboxylic acids is 1. The van der Waals surface area contributed by atoms with Crippen molar-refractivity contribution in [1.29, 1.82) is 0 Å². The lowest BCUT2D eigenvalue weighted by Gasteiger charge is -2.10. The molecule has 0 unspecified atom stereocenters. The zero-order valence-electron chi connectivity index (χ0n) is 14.8. The Morgan fingerprint density at radius 3 is 2.25 bits per heavy atom. The lowest BCUT2D eigenvalue weighted by molar-refractivity contribution is 0.102. The van der Waals surface area contributed by atoms with Gasteiger partial charge < -0.3 is 10.1 Å². The number of nitrogens with one attached hydrogen (secondary N) is 2. The van der Waals surface area contributed by atoms with Crippen LogP contribution in [0.25, 0.3) is 0 Å². The van der Waals surface area contributed by atoms with Crippen molar-refractivity contribution in [2.45, 2.75) is 4.90 Å². The van der Waals surface area contributed by atoms with Gasteiger partial charge in [0, 0.05) is 21.4 Å². The monoisotopic (exact) mass is 460 g/mol. The number of halogens is 1. The Hall–Kier alpha value is -2.84. The lowest BCUT2D eigenvalue weighted by atomic mass is 10.2. The Bertz CT molecular complexity index is 1080. The predicted molar refractivity (Wildman–Crippen MR) is 112 cm³/mol. The molecule has 28 heavy (non-hydrogen) atoms. The molecule has 3 aromatic rings. The van der Waals surface area contributed by atoms with E-state index in [1.54, 1.807) is 42.5 Å². The van der Waals surface area contributed by atoms with Crippen molar-refractivity contribution in [3.8, 4) is 5.75 Å². The molecule has 0 aliphatic carbocycles. The minimum Gasteiger partial charge on any atom is -0.497 e. The number of benzene rings is 3. The average Bonchev–Trinajstić information content (AvgIpc) is 2.69. The molecule has 0 aliphatic heterocycles. The summed E-state index contributed by atoms with van der Waals surface area (Å²) in [6.45, 7) is 0. The van der Waals surface area contributed by atoms with E-state index in [1.165, 1.54) is 25.3 Å². The van der Waals surface area contributed by atoms with Crippen LogP contribution in [0.15, 0.2) is 82.2 Å². The van der Waals surface area contributed by atoms with E-state index in [1.807, 2.05) is 12.1 Å². The maximum Gasteiger partial charge on any atom is 0.261 e. The average molecular weight is 461 g/mol. The quantitative estimate of drug-likeness (QED) is 0.566. The van der Waals surface area contributed by atoms with Gasteiger partial charge in [-0.05, 0) is 66.7 Å². The van der Waals surface area contributed by atoms with E-state index in [2.05, 4.69) is 26.0 Å². The molecule has 1 amide bonds. The molecule has 3 rings (SSSR count). The number of carbonyl (C=O) groups is 1. The highest BCUT2D eigenvalue weighted by Crippen LogP contribution is 2.21. The Kier molecular flexibility index (Phi) is 6.01. The van der Waals surface area contributed by atoms with Crippen LogP contribution in [0.2, 0.25) is 0 Å². The molecule has 0 spiro atoms. The van der Waals surface area contributed by atoms with Crippen LogP contribution < -0.4 is 14.8 Å². The molecule has 3 aromatic carbocycles. The zero-order chi connectivity index (χ0) is 20.1. The summed E-state index contributed by atoms with van der Waals surface area (Å²) in [5.74, 6) is 0.221. The second-order valence-electron chi connectivity index (χ2n) is 5.82. The van der Waals surface area contributed by atoms with Gasteiger partial charge >= 0.3 is 0 Å². The van der Waals surface area contributed by atoms with Crippen LogP contribution in [0, 0.1) is 0 Å². The predicted octanol–water partition coefficient (Wildman–Crippen LogP) is 4.51. The molecular formula is C20H17BrN2O4S. The van der Waals surface area contributed by atoms with Crippen LogP contribution in [-0.2, 0) is 10.0 Å². The SMILES string of the molecule is COc1ccc(S(=O)(=O)Nc2cccc(C(=O)Nc3ccc(Br)cc3)c2)cc1. The molecule has 8 heteroatoms. The van der Waals surface area contributed by atoms with Gasteiger partial charge in [-0.15, -0.1) is 0 Å². The van der Waals surface area contributed by atoms with Crippen LogP contribution in [0.3, 0.4) is 0 Å². The van der Waals surface area contributed by atoms with Gasteiger partial charge in [-0.25, -0.2) is 8.42 Å². The molecular weight excluding hydrogens is 444 g/mol. The molecule has 0 radical (unpaired) electrons. The molecule has 2 N–H and O–H groups in total. The third kappa shape index (κ3) is 4.90. The topological polar surface area (TPSA) is 84.5 Å². The number of hydrogen-bond acceptors (Lipinski definition) is 4. The number of ether oxygens (including phenoxy) is 1. The molecule has 0 saturated carbocycles. The van der Waals surface area contributed by atoms with Crippen molar-refractivity contribution < 1.29 is 17.9 Å². The smallest absolute Gasteiger partial charge is 0.261 e. The first-order valence-corrected chi connectivity index (χ1v) is 10.5. The van der Waals surface area contributed by atoms with Crippen molar-refractivity contribution in [3.63, 3.8) is 0 Å². The maximum atomic E-state index is 12.5. The summed E-state index contributed by atoms with van der Waals surface area (Å²) in [6.07, 6.45) is 0. The summed E-state index contributed by atoms with van der Waals surface area (Å²) in [6, 6.07) is 19.5. The van der Waals surface area contributed by atoms with Gasteiger partial charge in [-0.2, -0.15) is 0 Å². The molecule has 0 saturated heterocycles. The number of hydrogen-bond donors (Lipinski definition) is 2. The number of methoxy groups -OCH3 is 1. The van der Waals surface area contributed by atoms with Gasteiger partial charge in [0.1, 0.15) is 5.75 Å². The standard InChI is InChI=1S/C20H17BrN2O4S/c1-27-18-9-11-19(12-10-18)28(25,26)23-17-4-2-3-14(13-17)20(24)22-16-7-5-15(21)6-8-16/h2-13,23H,1H3,(H,22,24). The van der Waals surface area contributed by atoms with E-state index in [0.29, 0.717) is 22.7 Å². The molecule has 0 fully saturated rings. The second-order valence-corrected chi connectivity index (χ2v) is 8.42. The maximum absolute atomic E-state index is 12.5. The fourth-order valence-electron chi connectivity index (χ4n) is 2.43. The normalized spacial score (nSPS) is 10.9. The van der Waals surface area contributed by atoms with Crippen LogP contribution >= 0.6 is 15.9 Å². The first kappa shape index (κ1) is 19.9. The minimum absolute atomic E-state index is 0.0954. The van der Waals surface area contributed by atoms with Gasteiger partial charge in [0.05, 0.1) is 12.0 Å². The van der Waals surface area contributed by atoms with E-state index in [4.69, 9.17) is 4.74 Å². The Balaban J connectivity index is 1.76. The van der Waals surface area contributed by atoms with E-state index in [9.17, 15) is 13.2 Å². The van der Waals surface area contributed by atoms with E-state index in [-0.39, 0.29) is 10.8 Å². The number of rotatable bonds is 6. The van der Waals surface area contributed by atoms with E-state index >= 15 is 0 Å². The van der Waals surface area contributed by atoms with Gasteiger partial charge in [0.25, 0.3) is 15.9 Å². The summed E-state index contributed by atoms with van der Waals surface area (Å²) < 4.78 is 33.5. The van der Waals surface area contributed by atoms with Crippen LogP contribution in [-0.4, -0.2) is 21.4 Å². The van der Waals surface area contributed by atoms with Crippen molar-refractivity contribution >= 4 is 43.2 Å². The lowest BCUT2D eigenvalue weighted by Crippen LogP contribution is -2.15. The van der Waals surface area contributed by atoms with Crippen molar-refractivity contribution in [1.82, 2.24) is 0 Å². The molecule has 0 bridgehead atoms. The van der Waals surface area contributed by atoms with Crippen molar-refractivity contribution in [2.24, 2.45) is 0 Å². The van der Waals surface area contributed by atoms with E-state index in [0.717, 1.165) is 4.47 Å². The van der Waals surface area contributed by atoms with Gasteiger partial charge in [0.15, 0.2) is 0 Å². The molecule has 144 valence electrons. The van der Waals surface area contributed by atoms with Gasteiger partial charge in [-0.3, -0.25) is 9.52 Å². The molecule has 0 atom stereocenters. The highest BCUT2D eigenvalue weighted by molar-refractivity contribution is 9.10. The highest BCUT2D eigenvalue weighted by atomic mass is 79.9. The zero-order valence-corrected chi connectivity index (χ0v) is 17.2. The number of amides is 1. The fourth-order valence-corrected chi connectivity index (χ4v) is 3.74. The number of anilines is 2. The largest absolute Gasteiger partial charge is 0.497 e. The van der Waals surface area contributed by atoms with Crippen molar-refractivity contribution in [3.05, 3.63) is 82.8 Å². The van der Waals surface area contributed by atoms with Crippen LogP contribution in [0.4, 0.5) is 11.4 Å². The van der Waals surface area contributed by atoms with Crippen LogP contribution in [0.1, 0.15) is 10.4 Å². The summed E-state index contributed by atoms with van der Waals surface area (Å²) in [5, 5.41) is 2.77. The van der Waals surface area contributed by atoms with Gasteiger partial charge in [0.2, 0.25) is 0 Å². The molecule has 0 heterocycles. The third-order valence-electron chi connectivity index (χ3n) is 3.85. The summed E-state index contributed by atoms with van der Waals surface area (Å²) in [5.41, 5.74) is 1.26. The highest BCUT2D eigenvalue weighted by Gasteiger charge is 2.15. The molecule has 0 aliphatic rings. The summed E-state index contributed by atoms with van der Waals surface area (Å²) in [7, 11) is -2.28. The van der Waals surface area contributed by atoms with Gasteiger partial charge in [-0.1, -0.05) is 22.0 Å². The van der Waals surface area contributed by atoms with Crippen LogP contribution in [0.5, 0.6) is 5.75 Å². The Morgan fingerprint density at radius 1 is 0.929 bits per heavy atom. The van der Waals surface area contributed by atoms with E-state index < -0.39 is 10.0 Å². The van der Waals surface area contributed by atoms with Crippen molar-refractivity contribution in [2.75, 3.05) is 17.1 Å².